The zero-order valence-corrected chi connectivity index (χ0v) is 17.9. The lowest BCUT2D eigenvalue weighted by atomic mass is 9.90. The molecular formula is C23H30ClNO5. The Kier molecular flexibility index (Phi) is 10.1. The Morgan fingerprint density at radius 2 is 2.20 bits per heavy atom. The molecule has 2 rings (SSSR count). The van der Waals surface area contributed by atoms with Crippen molar-refractivity contribution in [2.24, 2.45) is 11.8 Å². The SMILES string of the molecule is CNC(=O)CCCC=CC[C@H]1[C@@H](O)CC(=O)[C@@H]1C=CC(O)COc1cccc(Cl)c1. The fourth-order valence-electron chi connectivity index (χ4n) is 3.44. The topological polar surface area (TPSA) is 95.9 Å². The summed E-state index contributed by atoms with van der Waals surface area (Å²) in [5.41, 5.74) is 0. The number of nitrogens with one attached hydrogen (secondary N) is 1. The average molecular weight is 436 g/mol. The molecule has 0 bridgehead atoms. The van der Waals surface area contributed by atoms with Gasteiger partial charge in [-0.1, -0.05) is 42.0 Å². The van der Waals surface area contributed by atoms with Crippen molar-refractivity contribution in [1.29, 1.82) is 0 Å². The minimum Gasteiger partial charge on any atom is -0.491 e. The van der Waals surface area contributed by atoms with Crippen LogP contribution in [0.5, 0.6) is 5.75 Å². The molecule has 1 unspecified atom stereocenters. The fourth-order valence-corrected chi connectivity index (χ4v) is 3.62. The van der Waals surface area contributed by atoms with Crippen LogP contribution in [0.25, 0.3) is 0 Å². The Hall–Kier alpha value is -2.15. The number of rotatable bonds is 11. The molecule has 1 aromatic rings. The van der Waals surface area contributed by atoms with Crippen LogP contribution >= 0.6 is 11.6 Å². The van der Waals surface area contributed by atoms with Crippen LogP contribution in [0.4, 0.5) is 0 Å². The number of aliphatic hydroxyl groups is 2. The fraction of sp³-hybridized carbons (Fsp3) is 0.478. The van der Waals surface area contributed by atoms with Crippen LogP contribution in [0.2, 0.25) is 5.02 Å². The van der Waals surface area contributed by atoms with Gasteiger partial charge in [0.1, 0.15) is 24.2 Å². The molecule has 0 heterocycles. The van der Waals surface area contributed by atoms with Gasteiger partial charge in [0.25, 0.3) is 0 Å². The standard InChI is InChI=1S/C23H30ClNO5/c1-25-23(29)10-5-3-2-4-9-19-20(22(28)14-21(19)27)12-11-17(26)15-30-18-8-6-7-16(24)13-18/h2,4,6-8,11-13,17,19-21,26-27H,3,5,9-10,14-15H2,1H3,(H,25,29)/t17?,19-,20-,21+/m1/s1. The Morgan fingerprint density at radius 1 is 1.40 bits per heavy atom. The summed E-state index contributed by atoms with van der Waals surface area (Å²) in [5, 5.41) is 23.5. The summed E-state index contributed by atoms with van der Waals surface area (Å²) in [6, 6.07) is 6.90. The molecule has 1 fully saturated rings. The highest BCUT2D eigenvalue weighted by molar-refractivity contribution is 6.30. The quantitative estimate of drug-likeness (QED) is 0.366. The number of ether oxygens (including phenoxy) is 1. The third-order valence-corrected chi connectivity index (χ3v) is 5.36. The molecule has 0 aliphatic heterocycles. The molecule has 30 heavy (non-hydrogen) atoms. The van der Waals surface area contributed by atoms with Crippen LogP contribution in [-0.2, 0) is 9.59 Å². The lowest BCUT2D eigenvalue weighted by Gasteiger charge is -2.17. The van der Waals surface area contributed by atoms with Gasteiger partial charge in [-0.25, -0.2) is 0 Å². The molecule has 0 spiro atoms. The molecule has 1 saturated carbocycles. The van der Waals surface area contributed by atoms with Crippen molar-refractivity contribution < 1.29 is 24.5 Å². The predicted octanol–water partition coefficient (Wildman–Crippen LogP) is 3.06. The van der Waals surface area contributed by atoms with E-state index in [0.717, 1.165) is 12.8 Å². The van der Waals surface area contributed by atoms with Gasteiger partial charge in [-0.2, -0.15) is 0 Å². The van der Waals surface area contributed by atoms with Crippen molar-refractivity contribution in [2.45, 2.75) is 44.3 Å². The number of ketones is 1. The van der Waals surface area contributed by atoms with Crippen LogP contribution in [-0.4, -0.2) is 47.8 Å². The Labute approximate surface area is 182 Å². The first kappa shape index (κ1) is 24.1. The molecule has 1 aliphatic carbocycles. The number of halogens is 1. The summed E-state index contributed by atoms with van der Waals surface area (Å²) in [5.74, 6) is -0.105. The normalized spacial score (nSPS) is 22.7. The maximum absolute atomic E-state index is 12.3. The molecule has 7 heteroatoms. The van der Waals surface area contributed by atoms with Crippen molar-refractivity contribution in [2.75, 3.05) is 13.7 Å². The van der Waals surface area contributed by atoms with E-state index < -0.39 is 18.1 Å². The molecule has 3 N–H and O–H groups in total. The average Bonchev–Trinajstić information content (AvgIpc) is 2.99. The van der Waals surface area contributed by atoms with E-state index in [1.165, 1.54) is 0 Å². The first-order valence-electron chi connectivity index (χ1n) is 10.2. The third kappa shape index (κ3) is 7.94. The second-order valence-corrected chi connectivity index (χ2v) is 7.86. The monoisotopic (exact) mass is 435 g/mol. The van der Waals surface area contributed by atoms with Crippen LogP contribution in [0.15, 0.2) is 48.6 Å². The van der Waals surface area contributed by atoms with Gasteiger partial charge < -0.3 is 20.3 Å². The molecule has 0 aromatic heterocycles. The molecule has 0 radical (unpaired) electrons. The highest BCUT2D eigenvalue weighted by atomic mass is 35.5. The minimum atomic E-state index is -0.879. The Bertz CT molecular complexity index is 764. The van der Waals surface area contributed by atoms with E-state index in [0.29, 0.717) is 23.6 Å². The Morgan fingerprint density at radius 3 is 2.93 bits per heavy atom. The van der Waals surface area contributed by atoms with E-state index in [1.54, 1.807) is 43.5 Å². The molecule has 0 saturated heterocycles. The summed E-state index contributed by atoms with van der Waals surface area (Å²) in [6.45, 7) is 0.0379. The lowest BCUT2D eigenvalue weighted by Crippen LogP contribution is -2.20. The number of allylic oxidation sites excluding steroid dienone is 3. The first-order chi connectivity index (χ1) is 14.4. The number of hydrogen-bond donors (Lipinski definition) is 3. The molecular weight excluding hydrogens is 406 g/mol. The molecule has 6 nitrogen and oxygen atoms in total. The third-order valence-electron chi connectivity index (χ3n) is 5.12. The highest BCUT2D eigenvalue weighted by Gasteiger charge is 2.39. The van der Waals surface area contributed by atoms with Crippen LogP contribution in [0.3, 0.4) is 0 Å². The van der Waals surface area contributed by atoms with E-state index in [2.05, 4.69) is 5.32 Å². The number of carbonyl (C=O) groups excluding carboxylic acids is 2. The summed E-state index contributed by atoms with van der Waals surface area (Å²) >= 11 is 5.90. The van der Waals surface area contributed by atoms with Crippen molar-refractivity contribution in [1.82, 2.24) is 5.32 Å². The second kappa shape index (κ2) is 12.5. The van der Waals surface area contributed by atoms with E-state index in [-0.39, 0.29) is 30.6 Å². The highest BCUT2D eigenvalue weighted by Crippen LogP contribution is 2.33. The van der Waals surface area contributed by atoms with E-state index >= 15 is 0 Å². The predicted molar refractivity (Wildman–Crippen MR) is 116 cm³/mol. The van der Waals surface area contributed by atoms with Gasteiger partial charge >= 0.3 is 0 Å². The summed E-state index contributed by atoms with van der Waals surface area (Å²) in [7, 11) is 1.62. The molecule has 164 valence electrons. The minimum absolute atomic E-state index is 0.0170. The lowest BCUT2D eigenvalue weighted by molar-refractivity contribution is -0.121. The van der Waals surface area contributed by atoms with Gasteiger partial charge in [0.05, 0.1) is 6.10 Å². The largest absolute Gasteiger partial charge is 0.491 e. The first-order valence-corrected chi connectivity index (χ1v) is 10.6. The van der Waals surface area contributed by atoms with E-state index in [9.17, 15) is 19.8 Å². The van der Waals surface area contributed by atoms with E-state index in [4.69, 9.17) is 16.3 Å². The molecule has 1 aromatic carbocycles. The zero-order valence-electron chi connectivity index (χ0n) is 17.2. The molecule has 1 amide bonds. The van der Waals surface area contributed by atoms with Gasteiger partial charge in [-0.15, -0.1) is 0 Å². The number of aliphatic hydroxyl groups excluding tert-OH is 2. The van der Waals surface area contributed by atoms with Gasteiger partial charge in [0, 0.05) is 36.7 Å². The molecule has 4 atom stereocenters. The second-order valence-electron chi connectivity index (χ2n) is 7.42. The Balaban J connectivity index is 1.82. The van der Waals surface area contributed by atoms with Crippen molar-refractivity contribution in [3.63, 3.8) is 0 Å². The number of unbranched alkanes of at least 4 members (excludes halogenated alkanes) is 1. The number of benzene rings is 1. The van der Waals surface area contributed by atoms with Gasteiger partial charge in [0.2, 0.25) is 5.91 Å². The maximum atomic E-state index is 12.3. The van der Waals surface area contributed by atoms with Crippen LogP contribution < -0.4 is 10.1 Å². The van der Waals surface area contributed by atoms with Crippen molar-refractivity contribution >= 4 is 23.3 Å². The molecule has 1 aliphatic rings. The van der Waals surface area contributed by atoms with Gasteiger partial charge in [-0.3, -0.25) is 9.59 Å². The smallest absolute Gasteiger partial charge is 0.219 e. The van der Waals surface area contributed by atoms with Crippen molar-refractivity contribution in [3.05, 3.63) is 53.6 Å². The maximum Gasteiger partial charge on any atom is 0.219 e. The van der Waals surface area contributed by atoms with Gasteiger partial charge in [-0.05, 0) is 37.5 Å². The zero-order chi connectivity index (χ0) is 21.9. The van der Waals surface area contributed by atoms with Gasteiger partial charge in [0.15, 0.2) is 0 Å². The number of amides is 1. The summed E-state index contributed by atoms with van der Waals surface area (Å²) in [6.07, 6.45) is 8.28. The number of hydrogen-bond acceptors (Lipinski definition) is 5. The summed E-state index contributed by atoms with van der Waals surface area (Å²) in [4.78, 5) is 23.5. The number of carbonyl (C=O) groups is 2. The van der Waals surface area contributed by atoms with E-state index in [1.807, 2.05) is 12.2 Å². The van der Waals surface area contributed by atoms with Crippen LogP contribution in [0, 0.1) is 11.8 Å². The van der Waals surface area contributed by atoms with Crippen LogP contribution in [0.1, 0.15) is 32.1 Å². The van der Waals surface area contributed by atoms with Crippen molar-refractivity contribution in [3.8, 4) is 5.75 Å². The summed E-state index contributed by atoms with van der Waals surface area (Å²) < 4.78 is 5.51. The number of Topliss-reactive ketones (excluding diaryl/α,β-unsaturated/α-hetero) is 1.